The number of fused-ring (bicyclic) bond motifs is 8. The smallest absolute Gasteiger partial charge is 0.139 e. The van der Waals surface area contributed by atoms with Gasteiger partial charge in [0.1, 0.15) is 16.7 Å². The summed E-state index contributed by atoms with van der Waals surface area (Å²) in [6.07, 6.45) is 1.87. The third-order valence-electron chi connectivity index (χ3n) is 13.0. The number of pyridine rings is 1. The van der Waals surface area contributed by atoms with Gasteiger partial charge >= 0.3 is 0 Å². The zero-order valence-corrected chi connectivity index (χ0v) is 43.0. The Morgan fingerprint density at radius 1 is 0.588 bits per heavy atom. The maximum Gasteiger partial charge on any atom is 0.139 e. The summed E-state index contributed by atoms with van der Waals surface area (Å²) in [5, 5.41) is 4.22. The van der Waals surface area contributed by atoms with Crippen LogP contribution in [0.3, 0.4) is 0 Å². The summed E-state index contributed by atoms with van der Waals surface area (Å²) in [4.78, 5) is 9.80. The first-order valence-corrected chi connectivity index (χ1v) is 23.5. The molecular weight excluding hydrogens is 1010 g/mol. The largest absolute Gasteiger partial charge is 0.500 e. The van der Waals surface area contributed by atoms with Crippen molar-refractivity contribution in [2.24, 2.45) is 0 Å². The monoisotopic (exact) mass is 1070 g/mol. The van der Waals surface area contributed by atoms with Crippen LogP contribution < -0.4 is 0 Å². The fourth-order valence-corrected chi connectivity index (χ4v) is 9.48. The molecule has 0 atom stereocenters. The number of hydrogen-bond acceptors (Lipinski definition) is 4. The summed E-state index contributed by atoms with van der Waals surface area (Å²) in [6, 6.07) is 57.7. The molecule has 0 bridgehead atoms. The Labute approximate surface area is 413 Å². The Hall–Kier alpha value is -6.59. The van der Waals surface area contributed by atoms with Gasteiger partial charge in [-0.05, 0) is 105 Å². The number of imidazole rings is 1. The van der Waals surface area contributed by atoms with E-state index < -0.39 is 0 Å². The molecule has 0 fully saturated rings. The summed E-state index contributed by atoms with van der Waals surface area (Å²) >= 11 is 0. The molecule has 343 valence electrons. The molecule has 0 spiro atoms. The number of aromatic nitrogens is 3. The third kappa shape index (κ3) is 8.39. The van der Waals surface area contributed by atoms with Gasteiger partial charge < -0.3 is 18.4 Å². The van der Waals surface area contributed by atoms with Crippen LogP contribution in [0.15, 0.2) is 161 Å². The predicted octanol–water partition coefficient (Wildman–Crippen LogP) is 17.3. The zero-order chi connectivity index (χ0) is 46.8. The van der Waals surface area contributed by atoms with Gasteiger partial charge in [-0.25, -0.2) is 0 Å². The van der Waals surface area contributed by atoms with Gasteiger partial charge in [-0.1, -0.05) is 147 Å². The summed E-state index contributed by atoms with van der Waals surface area (Å²) in [5.41, 5.74) is 16.9. The van der Waals surface area contributed by atoms with E-state index >= 15 is 0 Å². The molecule has 4 heterocycles. The van der Waals surface area contributed by atoms with E-state index in [4.69, 9.17) is 13.8 Å². The van der Waals surface area contributed by atoms with Crippen molar-refractivity contribution in [3.8, 4) is 39.5 Å². The number of hydrogen-bond donors (Lipinski definition) is 0. The first-order chi connectivity index (χ1) is 32.2. The second-order valence-corrected chi connectivity index (χ2v) is 20.4. The van der Waals surface area contributed by atoms with Gasteiger partial charge in [0, 0.05) is 42.8 Å². The molecule has 4 aromatic heterocycles. The molecule has 0 aliphatic rings. The Kier molecular flexibility index (Phi) is 12.4. The molecular formula is C62H57IrN3O2-2. The first kappa shape index (κ1) is 46.5. The number of nitrogens with zero attached hydrogens (tertiary/aromatic N) is 3. The van der Waals surface area contributed by atoms with E-state index in [-0.39, 0.29) is 42.8 Å². The van der Waals surface area contributed by atoms with Crippen molar-refractivity contribution in [2.75, 3.05) is 0 Å². The molecule has 1 radical (unpaired) electrons. The van der Waals surface area contributed by atoms with Crippen molar-refractivity contribution >= 4 is 54.9 Å². The van der Waals surface area contributed by atoms with Crippen LogP contribution in [0.2, 0.25) is 0 Å². The minimum absolute atomic E-state index is 0. The van der Waals surface area contributed by atoms with E-state index in [1.165, 1.54) is 39.1 Å². The van der Waals surface area contributed by atoms with Crippen LogP contribution in [-0.4, -0.2) is 14.5 Å². The molecule has 6 heteroatoms. The third-order valence-corrected chi connectivity index (χ3v) is 13.0. The average Bonchev–Trinajstić information content (AvgIpc) is 4.03. The van der Waals surface area contributed by atoms with Gasteiger partial charge in [-0.3, -0.25) is 4.98 Å². The molecule has 0 saturated heterocycles. The molecule has 0 saturated carbocycles. The molecule has 11 aromatic rings. The number of para-hydroxylation sites is 3. The van der Waals surface area contributed by atoms with E-state index in [1.54, 1.807) is 0 Å². The maximum absolute atomic E-state index is 7.13. The van der Waals surface area contributed by atoms with E-state index in [0.717, 1.165) is 77.6 Å². The van der Waals surface area contributed by atoms with Gasteiger partial charge in [0.25, 0.3) is 0 Å². The molecule has 0 N–H and O–H groups in total. The van der Waals surface area contributed by atoms with Crippen LogP contribution in [0.5, 0.6) is 0 Å². The summed E-state index contributed by atoms with van der Waals surface area (Å²) < 4.78 is 15.8. The number of rotatable bonds is 6. The molecule has 7 aromatic carbocycles. The quantitative estimate of drug-likeness (QED) is 0.156. The standard InChI is InChI=1S/C47H41N2O2.C15H16N.Ir/c1-27(2)34-25-30(29-15-9-8-10-16-29)26-35(28(3)4)43(34)49-38-19-13-12-18-37(38)48-46(49)33-21-23-36(47(5,6)7)41-32-22-24-40-42(44(32)51-45(33)41)31-17-11-14-20-39(31)50-40;1-15(2,3)13-9-10-16-14(11-13)12-7-5-4-6-8-12;/h8-20,22-28H,1-7H3;4-7,9-11H,1-3H3;/q2*-1;. The Balaban J connectivity index is 0.000000289. The first-order valence-electron chi connectivity index (χ1n) is 23.5. The molecule has 0 aliphatic carbocycles. The predicted molar refractivity (Wildman–Crippen MR) is 279 cm³/mol. The van der Waals surface area contributed by atoms with Crippen molar-refractivity contribution < 1.29 is 28.9 Å². The van der Waals surface area contributed by atoms with Crippen LogP contribution in [0, 0.1) is 12.1 Å². The summed E-state index contributed by atoms with van der Waals surface area (Å²) in [5.74, 6) is 1.35. The molecule has 0 amide bonds. The van der Waals surface area contributed by atoms with Crippen molar-refractivity contribution in [3.05, 3.63) is 186 Å². The van der Waals surface area contributed by atoms with Crippen molar-refractivity contribution in [3.63, 3.8) is 0 Å². The Bertz CT molecular complexity index is 3570. The summed E-state index contributed by atoms with van der Waals surface area (Å²) in [7, 11) is 0. The van der Waals surface area contributed by atoms with Crippen molar-refractivity contribution in [1.29, 1.82) is 0 Å². The number of furan rings is 2. The maximum atomic E-state index is 7.13. The molecule has 5 nitrogen and oxygen atoms in total. The van der Waals surface area contributed by atoms with E-state index in [1.807, 2.05) is 42.6 Å². The topological polar surface area (TPSA) is 57.0 Å². The van der Waals surface area contributed by atoms with E-state index in [0.29, 0.717) is 0 Å². The van der Waals surface area contributed by atoms with Gasteiger partial charge in [-0.2, -0.15) is 0 Å². The molecule has 0 unspecified atom stereocenters. The van der Waals surface area contributed by atoms with Crippen LogP contribution in [-0.2, 0) is 30.9 Å². The Morgan fingerprint density at radius 2 is 1.28 bits per heavy atom. The minimum Gasteiger partial charge on any atom is -0.500 e. The van der Waals surface area contributed by atoms with Gasteiger partial charge in [0.15, 0.2) is 0 Å². The fourth-order valence-electron chi connectivity index (χ4n) is 9.48. The molecule has 0 aliphatic heterocycles. The minimum atomic E-state index is -0.152. The normalized spacial score (nSPS) is 12.1. The van der Waals surface area contributed by atoms with Crippen LogP contribution in [0.4, 0.5) is 0 Å². The van der Waals surface area contributed by atoms with E-state index in [2.05, 4.69) is 200 Å². The average molecular weight is 1070 g/mol. The van der Waals surface area contributed by atoms with Crippen molar-refractivity contribution in [1.82, 2.24) is 14.5 Å². The van der Waals surface area contributed by atoms with Gasteiger partial charge in [-0.15, -0.1) is 53.6 Å². The van der Waals surface area contributed by atoms with Crippen molar-refractivity contribution in [2.45, 2.75) is 91.9 Å². The molecule has 11 rings (SSSR count). The Morgan fingerprint density at radius 3 is 1.97 bits per heavy atom. The van der Waals surface area contributed by atoms with Gasteiger partial charge in [0.2, 0.25) is 0 Å². The fraction of sp³-hybridized carbons (Fsp3) is 0.226. The van der Waals surface area contributed by atoms with Crippen LogP contribution in [0.1, 0.15) is 103 Å². The van der Waals surface area contributed by atoms with Gasteiger partial charge in [0.05, 0.1) is 27.8 Å². The SMILES string of the molecule is CC(C)(C)c1ccnc(-c2[c-]cccc2)c1.CC(C)c1cc(-c2ccccc2)cc(C(C)C)c1-n1c(-c2[c-]cc(C(C)(C)C)c3c2oc2c3ccc3oc4ccccc4c32)nc2ccccc21.[Ir]. The zero-order valence-electron chi connectivity index (χ0n) is 40.6. The molecule has 68 heavy (non-hydrogen) atoms. The van der Waals surface area contributed by atoms with E-state index in [9.17, 15) is 0 Å². The van der Waals surface area contributed by atoms with Crippen LogP contribution in [0.25, 0.3) is 94.4 Å². The second kappa shape index (κ2) is 18.1. The number of benzene rings is 7. The summed E-state index contributed by atoms with van der Waals surface area (Å²) in [6.45, 7) is 22.6. The van der Waals surface area contributed by atoms with Crippen LogP contribution >= 0.6 is 0 Å². The second-order valence-electron chi connectivity index (χ2n) is 20.4.